The Bertz CT molecular complexity index is 1230. The number of pyridine rings is 1. The maximum atomic E-state index is 12.8. The zero-order valence-electron chi connectivity index (χ0n) is 16.4. The minimum absolute atomic E-state index is 0.0888. The topological polar surface area (TPSA) is 59.0 Å². The van der Waals surface area contributed by atoms with E-state index in [1.54, 1.807) is 6.20 Å². The first kappa shape index (κ1) is 17.7. The number of carbonyl (C=O) groups excluding carboxylic acids is 1. The molecule has 0 spiro atoms. The van der Waals surface area contributed by atoms with Crippen LogP contribution in [0.15, 0.2) is 54.7 Å². The number of carbonyl (C=O) groups is 1. The van der Waals surface area contributed by atoms with Crippen molar-refractivity contribution in [2.75, 3.05) is 13.1 Å². The molecule has 1 saturated heterocycles. The summed E-state index contributed by atoms with van der Waals surface area (Å²) in [6.45, 7) is 3.67. The first-order chi connectivity index (χ1) is 14.2. The SMILES string of the molecule is Cc1ccc2cc(-c3cnc4ccc(C(=O)N5CCCCC5)cc4n3)ccc2n1. The van der Waals surface area contributed by atoms with E-state index in [-0.39, 0.29) is 5.91 Å². The van der Waals surface area contributed by atoms with Gasteiger partial charge < -0.3 is 4.90 Å². The van der Waals surface area contributed by atoms with Crippen LogP contribution in [0.25, 0.3) is 33.2 Å². The fraction of sp³-hybridized carbons (Fsp3) is 0.250. The number of aromatic nitrogens is 3. The average molecular weight is 382 g/mol. The molecule has 3 heterocycles. The van der Waals surface area contributed by atoms with E-state index in [4.69, 9.17) is 4.98 Å². The molecule has 1 fully saturated rings. The van der Waals surface area contributed by atoms with Gasteiger partial charge in [0.15, 0.2) is 0 Å². The van der Waals surface area contributed by atoms with E-state index < -0.39 is 0 Å². The fourth-order valence-electron chi connectivity index (χ4n) is 3.95. The summed E-state index contributed by atoms with van der Waals surface area (Å²) in [5, 5.41) is 1.07. The monoisotopic (exact) mass is 382 g/mol. The third-order valence-electron chi connectivity index (χ3n) is 5.56. The van der Waals surface area contributed by atoms with Gasteiger partial charge in [-0.15, -0.1) is 0 Å². The highest BCUT2D eigenvalue weighted by atomic mass is 16.2. The number of benzene rings is 2. The molecule has 1 aliphatic heterocycles. The van der Waals surface area contributed by atoms with Crippen LogP contribution < -0.4 is 0 Å². The smallest absolute Gasteiger partial charge is 0.253 e. The maximum Gasteiger partial charge on any atom is 0.253 e. The van der Waals surface area contributed by atoms with Crippen LogP contribution in [-0.2, 0) is 0 Å². The number of hydrogen-bond donors (Lipinski definition) is 0. The number of likely N-dealkylation sites (tertiary alicyclic amines) is 1. The third kappa shape index (κ3) is 3.44. The van der Waals surface area contributed by atoms with Gasteiger partial charge in [0.25, 0.3) is 5.91 Å². The molecule has 4 aromatic rings. The van der Waals surface area contributed by atoms with Crippen LogP contribution in [0.1, 0.15) is 35.3 Å². The molecule has 0 radical (unpaired) electrons. The van der Waals surface area contributed by atoms with Crippen molar-refractivity contribution >= 4 is 27.8 Å². The molecule has 0 bridgehead atoms. The Morgan fingerprint density at radius 2 is 1.69 bits per heavy atom. The molecule has 0 atom stereocenters. The second-order valence-corrected chi connectivity index (χ2v) is 7.67. The normalized spacial score (nSPS) is 14.4. The predicted octanol–water partition coefficient (Wildman–Crippen LogP) is 4.78. The standard InChI is InChI=1S/C24H22N4O/c1-16-5-6-17-13-18(7-9-20(17)26-16)23-15-25-21-10-8-19(14-22(21)27-23)24(29)28-11-3-2-4-12-28/h5-10,13-15H,2-4,11-12H2,1H3. The van der Waals surface area contributed by atoms with Gasteiger partial charge in [0.2, 0.25) is 0 Å². The van der Waals surface area contributed by atoms with Gasteiger partial charge in [-0.25, -0.2) is 4.98 Å². The van der Waals surface area contributed by atoms with Crippen LogP contribution >= 0.6 is 0 Å². The Kier molecular flexibility index (Phi) is 4.43. The molecule has 2 aromatic heterocycles. The molecule has 0 N–H and O–H groups in total. The number of amides is 1. The minimum Gasteiger partial charge on any atom is -0.339 e. The van der Waals surface area contributed by atoms with Crippen molar-refractivity contribution < 1.29 is 4.79 Å². The fourth-order valence-corrected chi connectivity index (χ4v) is 3.95. The lowest BCUT2D eigenvalue weighted by atomic mass is 10.1. The highest BCUT2D eigenvalue weighted by Gasteiger charge is 2.18. The van der Waals surface area contributed by atoms with E-state index in [0.29, 0.717) is 5.56 Å². The van der Waals surface area contributed by atoms with Gasteiger partial charge in [0.05, 0.1) is 28.4 Å². The number of aryl methyl sites for hydroxylation is 1. The van der Waals surface area contributed by atoms with Gasteiger partial charge in [0, 0.05) is 35.3 Å². The molecular weight excluding hydrogens is 360 g/mol. The maximum absolute atomic E-state index is 12.8. The molecule has 0 aliphatic carbocycles. The van der Waals surface area contributed by atoms with E-state index in [0.717, 1.165) is 64.8 Å². The van der Waals surface area contributed by atoms with E-state index in [1.165, 1.54) is 6.42 Å². The second-order valence-electron chi connectivity index (χ2n) is 7.67. The summed E-state index contributed by atoms with van der Waals surface area (Å²) in [7, 11) is 0. The zero-order valence-corrected chi connectivity index (χ0v) is 16.4. The van der Waals surface area contributed by atoms with Crippen molar-refractivity contribution in [2.45, 2.75) is 26.2 Å². The summed E-state index contributed by atoms with van der Waals surface area (Å²) >= 11 is 0. The molecule has 1 aliphatic rings. The number of piperidine rings is 1. The summed E-state index contributed by atoms with van der Waals surface area (Å²) in [4.78, 5) is 28.7. The molecule has 5 nitrogen and oxygen atoms in total. The summed E-state index contributed by atoms with van der Waals surface area (Å²) in [6, 6.07) is 15.8. The summed E-state index contributed by atoms with van der Waals surface area (Å²) in [5.74, 6) is 0.0888. The number of hydrogen-bond acceptors (Lipinski definition) is 4. The minimum atomic E-state index is 0.0888. The first-order valence-corrected chi connectivity index (χ1v) is 10.1. The molecule has 0 unspecified atom stereocenters. The number of nitrogens with zero attached hydrogens (tertiary/aromatic N) is 4. The largest absolute Gasteiger partial charge is 0.339 e. The molecule has 5 heteroatoms. The quantitative estimate of drug-likeness (QED) is 0.501. The van der Waals surface area contributed by atoms with Crippen molar-refractivity contribution in [3.05, 3.63) is 66.0 Å². The van der Waals surface area contributed by atoms with Crippen molar-refractivity contribution in [1.82, 2.24) is 19.9 Å². The third-order valence-corrected chi connectivity index (χ3v) is 5.56. The average Bonchev–Trinajstić information content (AvgIpc) is 2.78. The van der Waals surface area contributed by atoms with E-state index in [2.05, 4.69) is 22.1 Å². The molecule has 29 heavy (non-hydrogen) atoms. The Morgan fingerprint density at radius 1 is 0.862 bits per heavy atom. The van der Waals surface area contributed by atoms with Gasteiger partial charge in [0.1, 0.15) is 0 Å². The summed E-state index contributed by atoms with van der Waals surface area (Å²) < 4.78 is 0. The zero-order chi connectivity index (χ0) is 19.8. The van der Waals surface area contributed by atoms with Crippen molar-refractivity contribution in [1.29, 1.82) is 0 Å². The molecule has 0 saturated carbocycles. The lowest BCUT2D eigenvalue weighted by Gasteiger charge is -2.26. The first-order valence-electron chi connectivity index (χ1n) is 10.1. The Hall–Kier alpha value is -3.34. The lowest BCUT2D eigenvalue weighted by molar-refractivity contribution is 0.0724. The molecule has 1 amide bonds. The van der Waals surface area contributed by atoms with E-state index >= 15 is 0 Å². The van der Waals surface area contributed by atoms with E-state index in [1.807, 2.05) is 48.2 Å². The lowest BCUT2D eigenvalue weighted by Crippen LogP contribution is -2.35. The van der Waals surface area contributed by atoms with Crippen LogP contribution in [0.5, 0.6) is 0 Å². The van der Waals surface area contributed by atoms with Crippen molar-refractivity contribution in [3.8, 4) is 11.3 Å². The second kappa shape index (κ2) is 7.24. The molecular formula is C24H22N4O. The Balaban J connectivity index is 1.52. The Morgan fingerprint density at radius 3 is 2.55 bits per heavy atom. The summed E-state index contributed by atoms with van der Waals surface area (Å²) in [5.41, 5.74) is 5.98. The van der Waals surface area contributed by atoms with Gasteiger partial charge in [-0.3, -0.25) is 14.8 Å². The van der Waals surface area contributed by atoms with Gasteiger partial charge in [-0.05, 0) is 62.6 Å². The summed E-state index contributed by atoms with van der Waals surface area (Å²) in [6.07, 6.45) is 5.16. The predicted molar refractivity (Wildman–Crippen MR) is 115 cm³/mol. The van der Waals surface area contributed by atoms with Crippen LogP contribution in [-0.4, -0.2) is 38.8 Å². The van der Waals surface area contributed by atoms with Crippen molar-refractivity contribution in [3.63, 3.8) is 0 Å². The number of rotatable bonds is 2. The van der Waals surface area contributed by atoms with E-state index in [9.17, 15) is 4.79 Å². The molecule has 144 valence electrons. The van der Waals surface area contributed by atoms with Crippen LogP contribution in [0, 0.1) is 6.92 Å². The molecule has 5 rings (SSSR count). The number of fused-ring (bicyclic) bond motifs is 2. The molecule has 2 aromatic carbocycles. The van der Waals surface area contributed by atoms with Crippen LogP contribution in [0.3, 0.4) is 0 Å². The van der Waals surface area contributed by atoms with Crippen LogP contribution in [0.4, 0.5) is 0 Å². The van der Waals surface area contributed by atoms with Crippen molar-refractivity contribution in [2.24, 2.45) is 0 Å². The van der Waals surface area contributed by atoms with Gasteiger partial charge >= 0.3 is 0 Å². The Labute approximate surface area is 169 Å². The highest BCUT2D eigenvalue weighted by Crippen LogP contribution is 2.24. The van der Waals surface area contributed by atoms with Crippen LogP contribution in [0.2, 0.25) is 0 Å². The van der Waals surface area contributed by atoms with Gasteiger partial charge in [-0.2, -0.15) is 0 Å². The highest BCUT2D eigenvalue weighted by molar-refractivity contribution is 5.97. The van der Waals surface area contributed by atoms with Gasteiger partial charge in [-0.1, -0.05) is 12.1 Å².